The number of halogens is 2. The lowest BCUT2D eigenvalue weighted by Gasteiger charge is -2.23. The Morgan fingerprint density at radius 2 is 1.48 bits per heavy atom. The molecule has 1 N–H and O–H groups in total. The molecule has 0 heterocycles. The normalized spacial score (nSPS) is 13.6. The van der Waals surface area contributed by atoms with Crippen molar-refractivity contribution in [2.45, 2.75) is 19.6 Å². The number of hydrogen-bond donors (Lipinski definition) is 1. The minimum absolute atomic E-state index is 0.00165. The van der Waals surface area contributed by atoms with Gasteiger partial charge >= 0.3 is 13.7 Å². The van der Waals surface area contributed by atoms with Gasteiger partial charge in [-0.25, -0.2) is 13.3 Å². The highest BCUT2D eigenvalue weighted by Gasteiger charge is 2.35. The monoisotopic (exact) mass is 447 g/mol. The largest absolute Gasteiger partial charge is 0.513 e. The molecule has 0 aromatic heterocycles. The van der Waals surface area contributed by atoms with Crippen molar-refractivity contribution in [3.05, 3.63) is 96.1 Å². The van der Waals surface area contributed by atoms with E-state index in [1.54, 1.807) is 42.5 Å². The van der Waals surface area contributed by atoms with E-state index >= 15 is 0 Å². The number of hydrogen-bond acceptors (Lipinski definition) is 5. The molecule has 0 spiro atoms. The van der Waals surface area contributed by atoms with Gasteiger partial charge in [-0.1, -0.05) is 54.6 Å². The summed E-state index contributed by atoms with van der Waals surface area (Å²) in [6, 6.07) is 18.7. The third-order valence-electron chi connectivity index (χ3n) is 4.03. The first kappa shape index (κ1) is 22.5. The number of carbonyl (C=O) groups excluding carboxylic acids is 1. The molecular formula is C22H20F2NO5P. The summed E-state index contributed by atoms with van der Waals surface area (Å²) < 4.78 is 57.2. The maximum absolute atomic E-state index is 14.1. The van der Waals surface area contributed by atoms with Crippen molar-refractivity contribution in [2.75, 3.05) is 0 Å². The number of benzene rings is 3. The first-order valence-electron chi connectivity index (χ1n) is 9.33. The molecule has 0 aliphatic heterocycles. The second-order valence-electron chi connectivity index (χ2n) is 6.49. The molecule has 0 amide bonds. The smallest absolute Gasteiger partial charge is 0.460 e. The minimum Gasteiger partial charge on any atom is -0.460 e. The van der Waals surface area contributed by atoms with Crippen molar-refractivity contribution in [1.29, 1.82) is 0 Å². The SMILES string of the molecule is C[C@H](NP(=O)(Oc1ccccc1)Oc1c(F)cccc1F)C(=O)OCc1ccccc1. The van der Waals surface area contributed by atoms with Crippen LogP contribution in [0.15, 0.2) is 78.9 Å². The summed E-state index contributed by atoms with van der Waals surface area (Å²) in [4.78, 5) is 12.4. The average Bonchev–Trinajstić information content (AvgIpc) is 2.76. The molecule has 2 atom stereocenters. The van der Waals surface area contributed by atoms with E-state index in [9.17, 15) is 18.1 Å². The quantitative estimate of drug-likeness (QED) is 0.357. The lowest BCUT2D eigenvalue weighted by atomic mass is 10.2. The molecule has 3 rings (SSSR count). The molecule has 0 aliphatic rings. The van der Waals surface area contributed by atoms with Gasteiger partial charge in [-0.3, -0.25) is 4.79 Å². The van der Waals surface area contributed by atoms with Gasteiger partial charge in [0, 0.05) is 0 Å². The lowest BCUT2D eigenvalue weighted by Crippen LogP contribution is -2.35. The van der Waals surface area contributed by atoms with E-state index in [1.807, 2.05) is 6.07 Å². The molecule has 0 saturated carbocycles. The number of para-hydroxylation sites is 2. The molecule has 3 aromatic carbocycles. The summed E-state index contributed by atoms with van der Waals surface area (Å²) >= 11 is 0. The first-order chi connectivity index (χ1) is 14.9. The third-order valence-corrected chi connectivity index (χ3v) is 5.61. The zero-order valence-corrected chi connectivity index (χ0v) is 17.4. The van der Waals surface area contributed by atoms with E-state index in [0.29, 0.717) is 0 Å². The van der Waals surface area contributed by atoms with Gasteiger partial charge in [0.25, 0.3) is 0 Å². The van der Waals surface area contributed by atoms with Crippen LogP contribution < -0.4 is 14.1 Å². The number of nitrogens with one attached hydrogen (secondary N) is 1. The van der Waals surface area contributed by atoms with E-state index in [-0.39, 0.29) is 12.4 Å². The zero-order chi connectivity index (χ0) is 22.3. The van der Waals surface area contributed by atoms with Crippen molar-refractivity contribution >= 4 is 13.7 Å². The predicted molar refractivity (Wildman–Crippen MR) is 110 cm³/mol. The van der Waals surface area contributed by atoms with Gasteiger partial charge in [0.2, 0.25) is 5.75 Å². The number of rotatable bonds is 9. The maximum Gasteiger partial charge on any atom is 0.513 e. The summed E-state index contributed by atoms with van der Waals surface area (Å²) in [5, 5.41) is 2.38. The van der Waals surface area contributed by atoms with Crippen LogP contribution in [0, 0.1) is 11.6 Å². The highest BCUT2D eigenvalue weighted by molar-refractivity contribution is 7.52. The van der Waals surface area contributed by atoms with Gasteiger partial charge in [-0.15, -0.1) is 0 Å². The van der Waals surface area contributed by atoms with Crippen LogP contribution in [0.4, 0.5) is 8.78 Å². The maximum atomic E-state index is 14.1. The van der Waals surface area contributed by atoms with Gasteiger partial charge in [0.1, 0.15) is 18.4 Å². The molecule has 162 valence electrons. The van der Waals surface area contributed by atoms with E-state index in [2.05, 4.69) is 5.09 Å². The summed E-state index contributed by atoms with van der Waals surface area (Å²) in [5.74, 6) is -3.67. The molecule has 1 unspecified atom stereocenters. The molecule has 0 radical (unpaired) electrons. The number of esters is 1. The Hall–Kier alpha value is -3.22. The molecule has 3 aromatic rings. The fourth-order valence-corrected chi connectivity index (χ4v) is 4.06. The molecule has 31 heavy (non-hydrogen) atoms. The Balaban J connectivity index is 1.77. The molecule has 6 nitrogen and oxygen atoms in total. The van der Waals surface area contributed by atoms with Gasteiger partial charge in [-0.2, -0.15) is 5.09 Å². The zero-order valence-electron chi connectivity index (χ0n) is 16.5. The van der Waals surface area contributed by atoms with Crippen LogP contribution in [0.3, 0.4) is 0 Å². The Labute approximate surface area is 178 Å². The Bertz CT molecular complexity index is 1050. The topological polar surface area (TPSA) is 73.9 Å². The molecule has 0 saturated heterocycles. The van der Waals surface area contributed by atoms with Crippen LogP contribution in [0.2, 0.25) is 0 Å². The molecule has 0 fully saturated rings. The van der Waals surface area contributed by atoms with Gasteiger partial charge in [0.15, 0.2) is 11.6 Å². The standard InChI is InChI=1S/C22H20F2NO5P/c1-16(22(26)28-15-17-9-4-2-5-10-17)25-31(27,29-18-11-6-3-7-12-18)30-21-19(23)13-8-14-20(21)24/h2-14,16H,15H2,1H3,(H,25,27)/t16-,31?/m0/s1. The fraction of sp³-hybridized carbons (Fsp3) is 0.136. The third kappa shape index (κ3) is 6.38. The van der Waals surface area contributed by atoms with E-state index < -0.39 is 37.1 Å². The van der Waals surface area contributed by atoms with Gasteiger partial charge in [-0.05, 0) is 36.8 Å². The van der Waals surface area contributed by atoms with Crippen LogP contribution >= 0.6 is 7.75 Å². The van der Waals surface area contributed by atoms with Crippen LogP contribution in [-0.2, 0) is 20.7 Å². The van der Waals surface area contributed by atoms with Crippen molar-refractivity contribution in [3.63, 3.8) is 0 Å². The van der Waals surface area contributed by atoms with E-state index in [1.165, 1.54) is 19.1 Å². The first-order valence-corrected chi connectivity index (χ1v) is 10.9. The Morgan fingerprint density at radius 1 is 0.903 bits per heavy atom. The van der Waals surface area contributed by atoms with Crippen LogP contribution in [-0.4, -0.2) is 12.0 Å². The summed E-state index contributed by atoms with van der Waals surface area (Å²) in [6.45, 7) is 1.37. The fourth-order valence-electron chi connectivity index (χ4n) is 2.52. The highest BCUT2D eigenvalue weighted by Crippen LogP contribution is 2.46. The summed E-state index contributed by atoms with van der Waals surface area (Å²) in [6.07, 6.45) is 0. The molecule has 9 heteroatoms. The lowest BCUT2D eigenvalue weighted by molar-refractivity contribution is -0.146. The average molecular weight is 447 g/mol. The van der Waals surface area contributed by atoms with Crippen LogP contribution in [0.1, 0.15) is 12.5 Å². The van der Waals surface area contributed by atoms with Gasteiger partial charge < -0.3 is 13.8 Å². The second kappa shape index (κ2) is 10.2. The highest BCUT2D eigenvalue weighted by atomic mass is 31.2. The second-order valence-corrected chi connectivity index (χ2v) is 8.11. The van der Waals surface area contributed by atoms with Gasteiger partial charge in [0.05, 0.1) is 0 Å². The predicted octanol–water partition coefficient (Wildman–Crippen LogP) is 5.25. The van der Waals surface area contributed by atoms with Crippen molar-refractivity contribution in [3.8, 4) is 11.5 Å². The Kier molecular flexibility index (Phi) is 7.39. The summed E-state index contributed by atoms with van der Waals surface area (Å²) in [7, 11) is -4.45. The van der Waals surface area contributed by atoms with E-state index in [0.717, 1.165) is 23.8 Å². The van der Waals surface area contributed by atoms with Crippen molar-refractivity contribution < 1.29 is 31.9 Å². The number of carbonyl (C=O) groups is 1. The summed E-state index contributed by atoms with van der Waals surface area (Å²) in [5.41, 5.74) is 0.761. The van der Waals surface area contributed by atoms with E-state index in [4.69, 9.17) is 13.8 Å². The van der Waals surface area contributed by atoms with Crippen LogP contribution in [0.25, 0.3) is 0 Å². The molecule has 0 aliphatic carbocycles. The van der Waals surface area contributed by atoms with Crippen molar-refractivity contribution in [1.82, 2.24) is 5.09 Å². The molecular weight excluding hydrogens is 427 g/mol. The number of ether oxygens (including phenoxy) is 1. The van der Waals surface area contributed by atoms with Crippen LogP contribution in [0.5, 0.6) is 11.5 Å². The minimum atomic E-state index is -4.45. The molecule has 0 bridgehead atoms. The van der Waals surface area contributed by atoms with Crippen molar-refractivity contribution in [2.24, 2.45) is 0 Å². The Morgan fingerprint density at radius 3 is 2.10 bits per heavy atom.